The second-order valence-corrected chi connectivity index (χ2v) is 6.05. The molecule has 0 radical (unpaired) electrons. The summed E-state index contributed by atoms with van der Waals surface area (Å²) in [5.41, 5.74) is -0.0304. The van der Waals surface area contributed by atoms with Gasteiger partial charge >= 0.3 is 5.97 Å². The van der Waals surface area contributed by atoms with Crippen LogP contribution in [0.25, 0.3) is 5.65 Å². The van der Waals surface area contributed by atoms with Crippen LogP contribution in [0, 0.1) is 0 Å². The van der Waals surface area contributed by atoms with Gasteiger partial charge in [-0.3, -0.25) is 10.1 Å². The molecule has 0 aliphatic rings. The number of carbonyl (C=O) groups excluding carboxylic acids is 1. The average molecular weight is 371 g/mol. The smallest absolute Gasteiger partial charge is 0.310 e. The highest BCUT2D eigenvalue weighted by molar-refractivity contribution is 5.71. The van der Waals surface area contributed by atoms with Crippen molar-refractivity contribution in [2.75, 3.05) is 13.2 Å². The van der Waals surface area contributed by atoms with Crippen LogP contribution in [0.5, 0.6) is 11.5 Å². The van der Waals surface area contributed by atoms with Gasteiger partial charge in [0.15, 0.2) is 5.65 Å². The van der Waals surface area contributed by atoms with E-state index in [1.807, 2.05) is 0 Å². The molecule has 9 nitrogen and oxygen atoms in total. The van der Waals surface area contributed by atoms with E-state index in [9.17, 15) is 9.90 Å². The Kier molecular flexibility index (Phi) is 5.63. The molecule has 0 saturated carbocycles. The fourth-order valence-corrected chi connectivity index (χ4v) is 2.40. The van der Waals surface area contributed by atoms with E-state index >= 15 is 0 Å². The molecule has 2 heterocycles. The zero-order chi connectivity index (χ0) is 19.3. The van der Waals surface area contributed by atoms with E-state index in [1.165, 1.54) is 4.52 Å². The molecule has 0 spiro atoms. The van der Waals surface area contributed by atoms with Crippen molar-refractivity contribution >= 4 is 11.6 Å². The lowest BCUT2D eigenvalue weighted by molar-refractivity contribution is -0.134. The third-order valence-electron chi connectivity index (χ3n) is 3.94. The monoisotopic (exact) mass is 371 g/mol. The van der Waals surface area contributed by atoms with Gasteiger partial charge in [0.1, 0.15) is 23.8 Å². The van der Waals surface area contributed by atoms with Gasteiger partial charge in [-0.15, -0.1) is 5.10 Å². The summed E-state index contributed by atoms with van der Waals surface area (Å²) in [6.07, 6.45) is 1.99. The topological polar surface area (TPSA) is 111 Å². The van der Waals surface area contributed by atoms with Crippen molar-refractivity contribution in [1.82, 2.24) is 25.4 Å². The van der Waals surface area contributed by atoms with Gasteiger partial charge < -0.3 is 14.6 Å². The van der Waals surface area contributed by atoms with Crippen LogP contribution in [0.1, 0.15) is 25.8 Å². The van der Waals surface area contributed by atoms with Gasteiger partial charge in [-0.1, -0.05) is 6.92 Å². The molecule has 0 aliphatic carbocycles. The number of rotatable bonds is 8. The van der Waals surface area contributed by atoms with E-state index in [0.29, 0.717) is 42.3 Å². The Balaban J connectivity index is 1.49. The molecule has 27 heavy (non-hydrogen) atoms. The normalized spacial score (nSPS) is 13.3. The minimum absolute atomic E-state index is 0.282. The number of esters is 1. The molecule has 0 saturated heterocycles. The zero-order valence-corrected chi connectivity index (χ0v) is 15.1. The van der Waals surface area contributed by atoms with Crippen LogP contribution in [0.2, 0.25) is 0 Å². The molecular formula is C18H21N5O4. The highest BCUT2D eigenvalue weighted by Gasteiger charge is 2.23. The molecule has 0 amide bonds. The van der Waals surface area contributed by atoms with E-state index in [1.54, 1.807) is 56.4 Å². The summed E-state index contributed by atoms with van der Waals surface area (Å²) < 4.78 is 12.2. The Morgan fingerprint density at radius 3 is 2.70 bits per heavy atom. The van der Waals surface area contributed by atoms with Crippen molar-refractivity contribution in [2.45, 2.75) is 26.0 Å². The molecule has 0 bridgehead atoms. The number of nitrogens with zero attached hydrogens (tertiary/aromatic N) is 4. The van der Waals surface area contributed by atoms with E-state index in [4.69, 9.17) is 9.47 Å². The first-order valence-electron chi connectivity index (χ1n) is 8.57. The van der Waals surface area contributed by atoms with Crippen LogP contribution in [-0.4, -0.2) is 44.3 Å². The number of benzene rings is 1. The summed E-state index contributed by atoms with van der Waals surface area (Å²) in [7, 11) is 0. The second kappa shape index (κ2) is 8.11. The number of aromatic nitrogens is 4. The maximum Gasteiger partial charge on any atom is 0.310 e. The van der Waals surface area contributed by atoms with Crippen molar-refractivity contribution in [3.05, 3.63) is 48.2 Å². The highest BCUT2D eigenvalue weighted by atomic mass is 16.5. The Morgan fingerprint density at radius 1 is 1.22 bits per heavy atom. The zero-order valence-electron chi connectivity index (χ0n) is 15.1. The van der Waals surface area contributed by atoms with Crippen LogP contribution < -0.4 is 14.8 Å². The summed E-state index contributed by atoms with van der Waals surface area (Å²) in [5, 5.41) is 24.9. The molecular weight excluding hydrogens is 350 g/mol. The van der Waals surface area contributed by atoms with Gasteiger partial charge in [-0.2, -0.15) is 0 Å². The highest BCUT2D eigenvalue weighted by Crippen LogP contribution is 2.19. The molecule has 2 aromatic heterocycles. The van der Waals surface area contributed by atoms with Crippen LogP contribution in [0.4, 0.5) is 0 Å². The second-order valence-electron chi connectivity index (χ2n) is 6.05. The molecule has 3 rings (SSSR count). The third-order valence-corrected chi connectivity index (χ3v) is 3.94. The predicted molar refractivity (Wildman–Crippen MR) is 96.2 cm³/mol. The van der Waals surface area contributed by atoms with Crippen molar-refractivity contribution in [1.29, 1.82) is 0 Å². The Bertz CT molecular complexity index is 908. The lowest BCUT2D eigenvalue weighted by Gasteiger charge is -2.25. The number of hydrogen-bond donors (Lipinski definition) is 2. The summed E-state index contributed by atoms with van der Waals surface area (Å²) in [5.74, 6) is 0.839. The first kappa shape index (κ1) is 18.7. The van der Waals surface area contributed by atoms with Gasteiger partial charge in [0, 0.05) is 24.7 Å². The Morgan fingerprint density at radius 2 is 1.96 bits per heavy atom. The van der Waals surface area contributed by atoms with E-state index in [-0.39, 0.29) is 5.97 Å². The number of tetrazole rings is 1. The molecule has 1 aromatic carbocycles. The molecule has 2 N–H and O–H groups in total. The van der Waals surface area contributed by atoms with E-state index in [2.05, 4.69) is 20.8 Å². The van der Waals surface area contributed by atoms with Crippen LogP contribution in [0.3, 0.4) is 0 Å². The maximum absolute atomic E-state index is 11.2. The third kappa shape index (κ3) is 4.78. The van der Waals surface area contributed by atoms with Crippen molar-refractivity contribution in [3.8, 4) is 11.5 Å². The van der Waals surface area contributed by atoms with Gasteiger partial charge in [-0.25, -0.2) is 4.52 Å². The molecule has 9 heteroatoms. The van der Waals surface area contributed by atoms with E-state index in [0.717, 1.165) is 0 Å². The van der Waals surface area contributed by atoms with E-state index < -0.39 is 5.72 Å². The van der Waals surface area contributed by atoms with Crippen LogP contribution in [-0.2, 0) is 10.5 Å². The largest absolute Gasteiger partial charge is 0.492 e. The molecule has 0 aliphatic heterocycles. The summed E-state index contributed by atoms with van der Waals surface area (Å²) in [6.45, 7) is 4.14. The van der Waals surface area contributed by atoms with Crippen molar-refractivity contribution < 1.29 is 19.4 Å². The Hall–Kier alpha value is -3.04. The standard InChI is InChI=1S/C18H21N5O4/c1-3-17(24)27-15-7-5-14(6-8-15)26-11-10-19-18(2,25)13-4-9-16-20-21-22-23(16)12-13/h4-9,12,19,25H,3,10-11H2,1-2H3. The molecule has 3 aromatic rings. The Labute approximate surface area is 155 Å². The first-order chi connectivity index (χ1) is 13.0. The molecule has 0 fully saturated rings. The summed E-state index contributed by atoms with van der Waals surface area (Å²) in [4.78, 5) is 11.2. The fraction of sp³-hybridized carbons (Fsp3) is 0.333. The quantitative estimate of drug-likeness (QED) is 0.264. The minimum Gasteiger partial charge on any atom is -0.492 e. The predicted octanol–water partition coefficient (Wildman–Crippen LogP) is 1.27. The summed E-state index contributed by atoms with van der Waals surface area (Å²) in [6, 6.07) is 10.3. The van der Waals surface area contributed by atoms with Crippen molar-refractivity contribution in [2.24, 2.45) is 0 Å². The number of nitrogens with one attached hydrogen (secondary N) is 1. The number of carbonyl (C=O) groups is 1. The average Bonchev–Trinajstić information content (AvgIpc) is 3.14. The first-order valence-corrected chi connectivity index (χ1v) is 8.57. The molecule has 142 valence electrons. The lowest BCUT2D eigenvalue weighted by Crippen LogP contribution is -2.41. The van der Waals surface area contributed by atoms with Gasteiger partial charge in [0.25, 0.3) is 0 Å². The fourth-order valence-electron chi connectivity index (χ4n) is 2.40. The van der Waals surface area contributed by atoms with Gasteiger partial charge in [0.05, 0.1) is 0 Å². The SMILES string of the molecule is CCC(=O)Oc1ccc(OCCNC(C)(O)c2ccc3nnnn3c2)cc1. The van der Waals surface area contributed by atoms with Crippen molar-refractivity contribution in [3.63, 3.8) is 0 Å². The van der Waals surface area contributed by atoms with Gasteiger partial charge in [0.2, 0.25) is 0 Å². The number of hydrogen-bond acceptors (Lipinski definition) is 8. The number of ether oxygens (including phenoxy) is 2. The lowest BCUT2D eigenvalue weighted by atomic mass is 10.1. The maximum atomic E-state index is 11.2. The number of fused-ring (bicyclic) bond motifs is 1. The van der Waals surface area contributed by atoms with Crippen LogP contribution in [0.15, 0.2) is 42.6 Å². The molecule has 1 atom stereocenters. The number of aliphatic hydroxyl groups is 1. The van der Waals surface area contributed by atoms with Crippen LogP contribution >= 0.6 is 0 Å². The minimum atomic E-state index is -1.26. The van der Waals surface area contributed by atoms with Gasteiger partial charge in [-0.05, 0) is 53.7 Å². The summed E-state index contributed by atoms with van der Waals surface area (Å²) >= 11 is 0. The molecule has 1 unspecified atom stereocenters. The number of pyridine rings is 1.